The highest BCUT2D eigenvalue weighted by Gasteiger charge is 2.32. The lowest BCUT2D eigenvalue weighted by molar-refractivity contribution is 1.70. The Bertz CT molecular complexity index is 3230. The zero-order valence-electron chi connectivity index (χ0n) is 29.0. The molecule has 0 heterocycles. The molecule has 0 aliphatic heterocycles. The SMILES string of the molecule is c1ccc2cc3c(cc2c1)-c1ccc2c4c(ccc-3c14)-c1cc3cc4cc5c(cc4cc3cc1-2)-c1ccc2c3c(ccc-5c13)-c1cc3ccccc3cc1-2. The summed E-state index contributed by atoms with van der Waals surface area (Å²) in [7, 11) is 0. The summed E-state index contributed by atoms with van der Waals surface area (Å²) in [4.78, 5) is 0. The molecule has 11 aromatic rings. The van der Waals surface area contributed by atoms with Crippen molar-refractivity contribution in [3.05, 3.63) is 158 Å². The fourth-order valence-electron chi connectivity index (χ4n) is 11.2. The van der Waals surface area contributed by atoms with Crippen LogP contribution in [-0.4, -0.2) is 0 Å². The van der Waals surface area contributed by atoms with Gasteiger partial charge in [-0.3, -0.25) is 0 Å². The number of hydrogen-bond acceptors (Lipinski definition) is 0. The van der Waals surface area contributed by atoms with Gasteiger partial charge in [-0.1, -0.05) is 97.1 Å². The van der Waals surface area contributed by atoms with Crippen LogP contribution in [0.1, 0.15) is 0 Å². The monoisotopic (exact) mass is 674 g/mol. The normalized spacial score (nSPS) is 13.2. The molecule has 0 saturated heterocycles. The van der Waals surface area contributed by atoms with Crippen LogP contribution in [0.2, 0.25) is 0 Å². The lowest BCUT2D eigenvalue weighted by atomic mass is 9.93. The van der Waals surface area contributed by atoms with E-state index in [0.29, 0.717) is 0 Å². The molecule has 0 aromatic heterocycles. The maximum Gasteiger partial charge on any atom is -0.00139 e. The van der Waals surface area contributed by atoms with E-state index in [-0.39, 0.29) is 0 Å². The second-order valence-electron chi connectivity index (χ2n) is 16.0. The third-order valence-corrected chi connectivity index (χ3v) is 13.5. The first kappa shape index (κ1) is 26.7. The molecular weight excluding hydrogens is 649 g/mol. The van der Waals surface area contributed by atoms with Gasteiger partial charge in [0.25, 0.3) is 0 Å². The standard InChI is InChI=1S/C54H26/c1-2-6-28-20-44-36-10-14-40-48-24-32-18-34-26-50-42-16-12-38-46-22-30-8-4-3-7-29(30)21-45(46)37-11-15-41(54(42)52(37)38)49(50)25-33(34)17-31(32)23-47(48)39-13-9-35(51(36)53(39)40)43(44)19-27(28)5-1/h1-26H. The molecule has 0 radical (unpaired) electrons. The lowest BCUT2D eigenvalue weighted by Crippen LogP contribution is -1.84. The van der Waals surface area contributed by atoms with Crippen molar-refractivity contribution in [3.63, 3.8) is 0 Å². The maximum absolute atomic E-state index is 2.46. The van der Waals surface area contributed by atoms with Gasteiger partial charge in [0, 0.05) is 0 Å². The fourth-order valence-corrected chi connectivity index (χ4v) is 11.2. The number of rotatable bonds is 0. The van der Waals surface area contributed by atoms with E-state index in [0.717, 1.165) is 0 Å². The summed E-state index contributed by atoms with van der Waals surface area (Å²) in [6.45, 7) is 0. The summed E-state index contributed by atoms with van der Waals surface area (Å²) >= 11 is 0. The van der Waals surface area contributed by atoms with Gasteiger partial charge < -0.3 is 0 Å². The van der Waals surface area contributed by atoms with E-state index >= 15 is 0 Å². The summed E-state index contributed by atoms with van der Waals surface area (Å²) in [5.74, 6) is 0. The van der Waals surface area contributed by atoms with Crippen LogP contribution in [0, 0.1) is 0 Å². The average Bonchev–Trinajstić information content (AvgIpc) is 3.90. The molecule has 242 valence electrons. The Labute approximate surface area is 310 Å². The van der Waals surface area contributed by atoms with Crippen LogP contribution in [0.3, 0.4) is 0 Å². The van der Waals surface area contributed by atoms with Crippen LogP contribution in [-0.2, 0) is 0 Å². The topological polar surface area (TPSA) is 0 Å². The van der Waals surface area contributed by atoms with Crippen LogP contribution < -0.4 is 0 Å². The summed E-state index contributed by atoms with van der Waals surface area (Å²) < 4.78 is 0. The van der Waals surface area contributed by atoms with Gasteiger partial charge in [0.05, 0.1) is 0 Å². The first-order valence-electron chi connectivity index (χ1n) is 19.1. The Morgan fingerprint density at radius 2 is 0.333 bits per heavy atom. The van der Waals surface area contributed by atoms with Gasteiger partial charge in [0.1, 0.15) is 0 Å². The van der Waals surface area contributed by atoms with E-state index in [1.165, 1.54) is 154 Å². The highest BCUT2D eigenvalue weighted by molar-refractivity contribution is 6.30. The van der Waals surface area contributed by atoms with E-state index < -0.39 is 0 Å². The van der Waals surface area contributed by atoms with E-state index in [1.807, 2.05) is 0 Å². The summed E-state index contributed by atoms with van der Waals surface area (Å²) in [6.07, 6.45) is 0. The molecule has 0 unspecified atom stereocenters. The zero-order chi connectivity index (χ0) is 34.6. The average molecular weight is 675 g/mol. The van der Waals surface area contributed by atoms with Gasteiger partial charge in [-0.2, -0.15) is 0 Å². The maximum atomic E-state index is 2.46. The minimum Gasteiger partial charge on any atom is -0.0616 e. The van der Waals surface area contributed by atoms with Gasteiger partial charge in [0.2, 0.25) is 0 Å². The van der Waals surface area contributed by atoms with Crippen molar-refractivity contribution in [2.45, 2.75) is 0 Å². The van der Waals surface area contributed by atoms with Crippen molar-refractivity contribution in [2.75, 3.05) is 0 Å². The molecule has 0 nitrogen and oxygen atoms in total. The van der Waals surface area contributed by atoms with Crippen LogP contribution >= 0.6 is 0 Å². The third-order valence-electron chi connectivity index (χ3n) is 13.5. The van der Waals surface area contributed by atoms with Gasteiger partial charge in [-0.25, -0.2) is 0 Å². The molecule has 0 amide bonds. The first-order valence-corrected chi connectivity index (χ1v) is 19.1. The molecule has 0 N–H and O–H groups in total. The van der Waals surface area contributed by atoms with Crippen LogP contribution in [0.25, 0.3) is 154 Å². The molecule has 0 fully saturated rings. The Balaban J connectivity index is 0.917. The molecule has 54 heavy (non-hydrogen) atoms. The van der Waals surface area contributed by atoms with Gasteiger partial charge in [0.15, 0.2) is 0 Å². The molecule has 0 heteroatoms. The number of hydrogen-bond donors (Lipinski definition) is 0. The summed E-state index contributed by atoms with van der Waals surface area (Å²) in [6, 6.07) is 60.8. The van der Waals surface area contributed by atoms with E-state index in [1.54, 1.807) is 0 Å². The van der Waals surface area contributed by atoms with Crippen molar-refractivity contribution < 1.29 is 0 Å². The fraction of sp³-hybridized carbons (Fsp3) is 0. The predicted molar refractivity (Wildman–Crippen MR) is 229 cm³/mol. The van der Waals surface area contributed by atoms with E-state index in [9.17, 15) is 0 Å². The quantitative estimate of drug-likeness (QED) is 0.140. The highest BCUT2D eigenvalue weighted by atomic mass is 14.3. The molecule has 4 aliphatic carbocycles. The molecular formula is C54H26. The van der Waals surface area contributed by atoms with Gasteiger partial charge in [-0.15, -0.1) is 0 Å². The van der Waals surface area contributed by atoms with Gasteiger partial charge in [-0.05, 0) is 214 Å². The van der Waals surface area contributed by atoms with Gasteiger partial charge >= 0.3 is 0 Å². The molecule has 0 atom stereocenters. The third kappa shape index (κ3) is 2.98. The minimum absolute atomic E-state index is 1.30. The molecule has 4 aliphatic rings. The van der Waals surface area contributed by atoms with Crippen molar-refractivity contribution in [1.82, 2.24) is 0 Å². The Morgan fingerprint density at radius 3 is 0.537 bits per heavy atom. The van der Waals surface area contributed by atoms with Crippen LogP contribution in [0.5, 0.6) is 0 Å². The second kappa shape index (κ2) is 8.77. The van der Waals surface area contributed by atoms with Crippen molar-refractivity contribution in [3.8, 4) is 89.0 Å². The Morgan fingerprint density at radius 1 is 0.148 bits per heavy atom. The van der Waals surface area contributed by atoms with Crippen molar-refractivity contribution in [1.29, 1.82) is 0 Å². The lowest BCUT2D eigenvalue weighted by Gasteiger charge is -2.10. The number of benzene rings is 11. The largest absolute Gasteiger partial charge is 0.0616 e. The summed E-state index contributed by atoms with van der Waals surface area (Å²) in [5.41, 5.74) is 21.8. The molecule has 11 aromatic carbocycles. The van der Waals surface area contributed by atoms with E-state index in [2.05, 4.69) is 158 Å². The molecule has 15 rings (SSSR count). The molecule has 0 saturated carbocycles. The Kier molecular flexibility index (Phi) is 4.34. The van der Waals surface area contributed by atoms with E-state index in [4.69, 9.17) is 0 Å². The predicted octanol–water partition coefficient (Wildman–Crippen LogP) is 15.2. The smallest absolute Gasteiger partial charge is 0.00139 e. The molecule has 0 bridgehead atoms. The zero-order valence-corrected chi connectivity index (χ0v) is 29.0. The van der Waals surface area contributed by atoms with Crippen LogP contribution in [0.15, 0.2) is 158 Å². The minimum atomic E-state index is 1.30. The second-order valence-corrected chi connectivity index (χ2v) is 16.0. The first-order chi connectivity index (χ1) is 26.7. The van der Waals surface area contributed by atoms with Crippen LogP contribution in [0.4, 0.5) is 0 Å². The molecule has 0 spiro atoms. The van der Waals surface area contributed by atoms with Crippen molar-refractivity contribution in [2.24, 2.45) is 0 Å². The summed E-state index contributed by atoms with van der Waals surface area (Å²) in [5, 5.41) is 16.1. The Hall–Kier alpha value is -7.02. The van der Waals surface area contributed by atoms with Crippen molar-refractivity contribution >= 4 is 64.6 Å². The number of fused-ring (bicyclic) bond motifs is 16. The highest BCUT2D eigenvalue weighted by Crippen LogP contribution is 2.59.